The molecule has 0 saturated carbocycles. The molecule has 0 atom stereocenters. The molecule has 0 aliphatic carbocycles. The lowest BCUT2D eigenvalue weighted by Gasteiger charge is -2.25. The highest BCUT2D eigenvalue weighted by Gasteiger charge is 2.21. The Hall–Kier alpha value is -1.76. The van der Waals surface area contributed by atoms with Crippen LogP contribution in [0.4, 0.5) is 0 Å². The zero-order chi connectivity index (χ0) is 17.8. The van der Waals surface area contributed by atoms with Crippen LogP contribution in [0.1, 0.15) is 44.6 Å². The van der Waals surface area contributed by atoms with Gasteiger partial charge in [-0.3, -0.25) is 18.7 Å². The first-order valence-electron chi connectivity index (χ1n) is 9.11. The summed E-state index contributed by atoms with van der Waals surface area (Å²) < 4.78 is 3.00. The Balaban J connectivity index is 1.98. The van der Waals surface area contributed by atoms with E-state index in [9.17, 15) is 14.4 Å². The van der Waals surface area contributed by atoms with Gasteiger partial charge in [-0.25, -0.2) is 4.79 Å². The average Bonchev–Trinajstić information content (AvgIpc) is 2.65. The molecule has 0 aromatic carbocycles. The van der Waals surface area contributed by atoms with E-state index >= 15 is 0 Å². The Kier molecular flexibility index (Phi) is 5.83. The number of likely N-dealkylation sites (tertiary alicyclic amines) is 1. The lowest BCUT2D eigenvalue weighted by molar-refractivity contribution is -0.126. The van der Waals surface area contributed by atoms with E-state index in [1.165, 1.54) is 28.8 Å². The normalized spacial score (nSPS) is 17.7. The fraction of sp³-hybridized carbons (Fsp3) is 0.611. The van der Waals surface area contributed by atoms with Gasteiger partial charge in [0.2, 0.25) is 5.91 Å². The molecule has 6 nitrogen and oxygen atoms in total. The van der Waals surface area contributed by atoms with Crippen LogP contribution in [0.3, 0.4) is 0 Å². The van der Waals surface area contributed by atoms with Crippen molar-refractivity contribution in [3.05, 3.63) is 32.5 Å². The van der Waals surface area contributed by atoms with Crippen molar-refractivity contribution in [1.82, 2.24) is 14.0 Å². The van der Waals surface area contributed by atoms with E-state index in [0.29, 0.717) is 23.7 Å². The second-order valence-corrected chi connectivity index (χ2v) is 7.61. The molecular formula is C18H25N3O3S. The Morgan fingerprint density at radius 1 is 1.12 bits per heavy atom. The predicted molar refractivity (Wildman–Crippen MR) is 100 cm³/mol. The van der Waals surface area contributed by atoms with E-state index < -0.39 is 0 Å². The van der Waals surface area contributed by atoms with Crippen LogP contribution >= 0.6 is 11.8 Å². The first-order chi connectivity index (χ1) is 12.1. The zero-order valence-corrected chi connectivity index (χ0v) is 15.5. The van der Waals surface area contributed by atoms with Crippen molar-refractivity contribution in [2.45, 2.75) is 57.1 Å². The summed E-state index contributed by atoms with van der Waals surface area (Å²) in [7, 11) is 0. The summed E-state index contributed by atoms with van der Waals surface area (Å²) >= 11 is 1.53. The summed E-state index contributed by atoms with van der Waals surface area (Å²) in [6.07, 6.45) is 7.99. The van der Waals surface area contributed by atoms with Gasteiger partial charge in [0.15, 0.2) is 0 Å². The third-order valence-electron chi connectivity index (χ3n) is 4.69. The van der Waals surface area contributed by atoms with Gasteiger partial charge in [-0.1, -0.05) is 6.92 Å². The Labute approximate surface area is 151 Å². The van der Waals surface area contributed by atoms with Gasteiger partial charge in [0.05, 0.1) is 10.6 Å². The number of carbonyl (C=O) groups is 1. The molecule has 1 aromatic rings. The van der Waals surface area contributed by atoms with Gasteiger partial charge >= 0.3 is 5.69 Å². The molecule has 0 N–H and O–H groups in total. The van der Waals surface area contributed by atoms with Crippen LogP contribution in [0.15, 0.2) is 20.7 Å². The summed E-state index contributed by atoms with van der Waals surface area (Å²) in [5, 5.41) is 0.705. The Morgan fingerprint density at radius 2 is 1.88 bits per heavy atom. The minimum Gasteiger partial charge on any atom is -0.339 e. The molecule has 1 amide bonds. The topological polar surface area (TPSA) is 64.3 Å². The second-order valence-electron chi connectivity index (χ2n) is 6.53. The molecule has 2 aliphatic heterocycles. The van der Waals surface area contributed by atoms with E-state index in [1.807, 2.05) is 11.8 Å². The fourth-order valence-electron chi connectivity index (χ4n) is 3.38. The summed E-state index contributed by atoms with van der Waals surface area (Å²) in [6.45, 7) is 4.55. The molecule has 1 aromatic heterocycles. The molecule has 2 aliphatic rings. The standard InChI is InChI=1S/C18H25N3O3S/c1-2-9-20-16(23)14(17-21(18(20)24)12-6-13-25-17)7-8-15(22)19-10-4-3-5-11-19/h7-8H,2-6,9-13H2,1H3. The maximum atomic E-state index is 12.8. The van der Waals surface area contributed by atoms with Crippen molar-refractivity contribution in [2.24, 2.45) is 0 Å². The van der Waals surface area contributed by atoms with Gasteiger partial charge in [-0.05, 0) is 38.2 Å². The predicted octanol–water partition coefficient (Wildman–Crippen LogP) is 1.94. The van der Waals surface area contributed by atoms with Gasteiger partial charge < -0.3 is 4.90 Å². The third-order valence-corrected chi connectivity index (χ3v) is 5.89. The summed E-state index contributed by atoms with van der Waals surface area (Å²) in [5.74, 6) is 0.837. The second kappa shape index (κ2) is 8.08. The highest BCUT2D eigenvalue weighted by atomic mass is 32.2. The molecule has 0 unspecified atom stereocenters. The zero-order valence-electron chi connectivity index (χ0n) is 14.7. The Morgan fingerprint density at radius 3 is 2.60 bits per heavy atom. The van der Waals surface area contributed by atoms with Crippen molar-refractivity contribution in [1.29, 1.82) is 0 Å². The molecule has 7 heteroatoms. The first kappa shape index (κ1) is 18.0. The Bertz CT molecular complexity index is 788. The van der Waals surface area contributed by atoms with Gasteiger partial charge in [-0.15, -0.1) is 11.8 Å². The molecule has 3 rings (SSSR count). The lowest BCUT2D eigenvalue weighted by Crippen LogP contribution is -2.43. The quantitative estimate of drug-likeness (QED) is 0.606. The van der Waals surface area contributed by atoms with Crippen molar-refractivity contribution in [3.63, 3.8) is 0 Å². The average molecular weight is 363 g/mol. The highest BCUT2D eigenvalue weighted by Crippen LogP contribution is 2.25. The van der Waals surface area contributed by atoms with Crippen LogP contribution in [0.25, 0.3) is 6.08 Å². The monoisotopic (exact) mass is 363 g/mol. The molecule has 0 spiro atoms. The van der Waals surface area contributed by atoms with Crippen LogP contribution in [0.5, 0.6) is 0 Å². The first-order valence-corrected chi connectivity index (χ1v) is 10.1. The number of aromatic nitrogens is 2. The lowest BCUT2D eigenvalue weighted by atomic mass is 10.1. The smallest absolute Gasteiger partial charge is 0.331 e. The number of carbonyl (C=O) groups excluding carboxylic acids is 1. The number of hydrogen-bond acceptors (Lipinski definition) is 4. The van der Waals surface area contributed by atoms with E-state index in [2.05, 4.69) is 0 Å². The van der Waals surface area contributed by atoms with Crippen LogP contribution < -0.4 is 11.2 Å². The molecule has 0 bridgehead atoms. The van der Waals surface area contributed by atoms with Gasteiger partial charge in [-0.2, -0.15) is 0 Å². The molecule has 1 fully saturated rings. The number of amides is 1. The maximum Gasteiger partial charge on any atom is 0.331 e. The maximum absolute atomic E-state index is 12.8. The van der Waals surface area contributed by atoms with Crippen molar-refractivity contribution in [3.8, 4) is 0 Å². The van der Waals surface area contributed by atoms with E-state index in [1.54, 1.807) is 10.6 Å². The minimum absolute atomic E-state index is 0.0492. The molecular weight excluding hydrogens is 338 g/mol. The summed E-state index contributed by atoms with van der Waals surface area (Å²) in [6, 6.07) is 0. The van der Waals surface area contributed by atoms with Gasteiger partial charge in [0, 0.05) is 38.0 Å². The van der Waals surface area contributed by atoms with Crippen molar-refractivity contribution in [2.75, 3.05) is 18.8 Å². The number of piperidine rings is 1. The number of rotatable bonds is 4. The van der Waals surface area contributed by atoms with Gasteiger partial charge in [0.1, 0.15) is 0 Å². The summed E-state index contributed by atoms with van der Waals surface area (Å²) in [5.41, 5.74) is -0.0353. The van der Waals surface area contributed by atoms with Crippen LogP contribution in [0, 0.1) is 0 Å². The van der Waals surface area contributed by atoms with Crippen molar-refractivity contribution >= 4 is 23.7 Å². The SMILES string of the molecule is CCCn1c(=O)c(C=CC(=O)N2CCCCC2)c2n(c1=O)CCCS2. The number of hydrogen-bond donors (Lipinski definition) is 0. The van der Waals surface area contributed by atoms with Gasteiger partial charge in [0.25, 0.3) is 5.56 Å². The molecule has 25 heavy (non-hydrogen) atoms. The van der Waals surface area contributed by atoms with Crippen LogP contribution in [-0.4, -0.2) is 38.8 Å². The molecule has 136 valence electrons. The fourth-order valence-corrected chi connectivity index (χ4v) is 4.49. The molecule has 1 saturated heterocycles. The van der Waals surface area contributed by atoms with E-state index in [4.69, 9.17) is 0 Å². The molecule has 3 heterocycles. The van der Waals surface area contributed by atoms with Crippen LogP contribution in [-0.2, 0) is 17.9 Å². The number of nitrogens with zero attached hydrogens (tertiary/aromatic N) is 3. The minimum atomic E-state index is -0.282. The van der Waals surface area contributed by atoms with E-state index in [0.717, 1.165) is 44.5 Å². The van der Waals surface area contributed by atoms with E-state index in [-0.39, 0.29) is 17.2 Å². The van der Waals surface area contributed by atoms with Crippen molar-refractivity contribution < 1.29 is 4.79 Å². The largest absolute Gasteiger partial charge is 0.339 e. The number of fused-ring (bicyclic) bond motifs is 1. The highest BCUT2D eigenvalue weighted by molar-refractivity contribution is 7.99. The third kappa shape index (κ3) is 3.76. The number of thioether (sulfide) groups is 1. The molecule has 0 radical (unpaired) electrons. The van der Waals surface area contributed by atoms with Crippen LogP contribution in [0.2, 0.25) is 0 Å². The summed E-state index contributed by atoms with van der Waals surface area (Å²) in [4.78, 5) is 39.6.